The molecule has 3 nitrogen and oxygen atoms in total. The maximum Gasteiger partial charge on any atom is 0.158 e. The maximum atomic E-state index is 8.35. The fourth-order valence-corrected chi connectivity index (χ4v) is 0.927. The van der Waals surface area contributed by atoms with E-state index in [1.807, 2.05) is 6.07 Å². The van der Waals surface area contributed by atoms with Gasteiger partial charge in [-0.3, -0.25) is 0 Å². The molecule has 0 unspecified atom stereocenters. The number of alkyl halides is 2. The molecule has 0 spiro atoms. The van der Waals surface area contributed by atoms with E-state index in [0.717, 1.165) is 0 Å². The molecule has 0 aliphatic rings. The van der Waals surface area contributed by atoms with Crippen molar-refractivity contribution in [1.82, 2.24) is 0 Å². The van der Waals surface area contributed by atoms with E-state index in [2.05, 4.69) is 0 Å². The molecule has 0 aliphatic carbocycles. The zero-order valence-corrected chi connectivity index (χ0v) is 8.85. The van der Waals surface area contributed by atoms with E-state index in [9.17, 15) is 0 Å². The molecular formula is C8H13Cl2NO2. The summed E-state index contributed by atoms with van der Waals surface area (Å²) in [6.07, 6.45) is 0.622. The number of ether oxygens (including phenoxy) is 2. The molecule has 0 aromatic rings. The van der Waals surface area contributed by atoms with Crippen molar-refractivity contribution in [3.63, 3.8) is 0 Å². The summed E-state index contributed by atoms with van der Waals surface area (Å²) in [5.74, 6) is 0.848. The lowest BCUT2D eigenvalue weighted by molar-refractivity contribution is -0.137. The molecule has 0 atom stereocenters. The Hall–Kier alpha value is -0.0100. The monoisotopic (exact) mass is 225 g/mol. The number of halogens is 2. The summed E-state index contributed by atoms with van der Waals surface area (Å²) in [6, 6.07) is 2.03. The van der Waals surface area contributed by atoms with Gasteiger partial charge in [-0.15, -0.1) is 23.2 Å². The maximum absolute atomic E-state index is 8.35. The first-order chi connectivity index (χ1) is 6.35. The van der Waals surface area contributed by atoms with Gasteiger partial charge in [0.1, 0.15) is 0 Å². The fourth-order valence-electron chi connectivity index (χ4n) is 0.749. The first kappa shape index (κ1) is 13.0. The molecule has 76 valence electrons. The first-order valence-electron chi connectivity index (χ1n) is 4.07. The van der Waals surface area contributed by atoms with Crippen molar-refractivity contribution in [3.8, 4) is 6.07 Å². The molecule has 0 heterocycles. The number of hydrogen-bond acceptors (Lipinski definition) is 3. The summed E-state index contributed by atoms with van der Waals surface area (Å²) >= 11 is 10.9. The fraction of sp³-hybridized carbons (Fsp3) is 0.875. The summed E-state index contributed by atoms with van der Waals surface area (Å²) in [7, 11) is 0. The number of nitrogens with zero attached hydrogens (tertiary/aromatic N) is 1. The largest absolute Gasteiger partial charge is 0.351 e. The lowest BCUT2D eigenvalue weighted by Crippen LogP contribution is -2.19. The van der Waals surface area contributed by atoms with Crippen LogP contribution in [-0.4, -0.2) is 31.3 Å². The second kappa shape index (κ2) is 10.1. The van der Waals surface area contributed by atoms with Crippen LogP contribution in [0.25, 0.3) is 0 Å². The van der Waals surface area contributed by atoms with E-state index in [4.69, 9.17) is 37.9 Å². The zero-order valence-electron chi connectivity index (χ0n) is 7.34. The van der Waals surface area contributed by atoms with Crippen molar-refractivity contribution in [2.45, 2.75) is 19.1 Å². The first-order valence-corrected chi connectivity index (χ1v) is 5.14. The minimum Gasteiger partial charge on any atom is -0.351 e. The molecule has 0 aromatic heterocycles. The molecular weight excluding hydrogens is 213 g/mol. The SMILES string of the molecule is N#CCCC(OCCCl)OCCCl. The van der Waals surface area contributed by atoms with Crippen molar-refractivity contribution in [3.05, 3.63) is 0 Å². The molecule has 0 N–H and O–H groups in total. The summed E-state index contributed by atoms with van der Waals surface area (Å²) in [5.41, 5.74) is 0. The predicted octanol–water partition coefficient (Wildman–Crippen LogP) is 2.13. The van der Waals surface area contributed by atoms with E-state index >= 15 is 0 Å². The predicted molar refractivity (Wildman–Crippen MR) is 52.0 cm³/mol. The van der Waals surface area contributed by atoms with Gasteiger partial charge in [0.2, 0.25) is 0 Å². The van der Waals surface area contributed by atoms with Gasteiger partial charge in [0.05, 0.1) is 19.3 Å². The Bertz CT molecular complexity index is 142. The molecule has 0 saturated carbocycles. The lowest BCUT2D eigenvalue weighted by Gasteiger charge is -2.15. The Kier molecular flexibility index (Phi) is 10.1. The van der Waals surface area contributed by atoms with Gasteiger partial charge in [0.25, 0.3) is 0 Å². The standard InChI is InChI=1S/C8H13Cl2NO2/c9-3-6-12-8(2-1-5-11)13-7-4-10/h8H,1-4,6-7H2. The van der Waals surface area contributed by atoms with Gasteiger partial charge in [-0.2, -0.15) is 5.26 Å². The Labute approximate surface area is 88.5 Å². The van der Waals surface area contributed by atoms with Crippen LogP contribution in [0, 0.1) is 11.3 Å². The van der Waals surface area contributed by atoms with Crippen LogP contribution >= 0.6 is 23.2 Å². The van der Waals surface area contributed by atoms with Gasteiger partial charge in [0.15, 0.2) is 6.29 Å². The highest BCUT2D eigenvalue weighted by atomic mass is 35.5. The van der Waals surface area contributed by atoms with Crippen molar-refractivity contribution in [2.75, 3.05) is 25.0 Å². The van der Waals surface area contributed by atoms with E-state index in [1.54, 1.807) is 0 Å². The lowest BCUT2D eigenvalue weighted by atomic mass is 10.3. The highest BCUT2D eigenvalue weighted by Crippen LogP contribution is 2.04. The third kappa shape index (κ3) is 8.32. The molecule has 13 heavy (non-hydrogen) atoms. The Morgan fingerprint density at radius 1 is 1.15 bits per heavy atom. The van der Waals surface area contributed by atoms with E-state index in [1.165, 1.54) is 0 Å². The molecule has 0 saturated heterocycles. The summed E-state index contributed by atoms with van der Waals surface area (Å²) in [5, 5.41) is 8.35. The van der Waals surface area contributed by atoms with Gasteiger partial charge in [0, 0.05) is 24.6 Å². The zero-order chi connectivity index (χ0) is 9.94. The van der Waals surface area contributed by atoms with Gasteiger partial charge in [-0.05, 0) is 0 Å². The van der Waals surface area contributed by atoms with Gasteiger partial charge >= 0.3 is 0 Å². The molecule has 0 aliphatic heterocycles. The normalized spacial score (nSPS) is 10.3. The highest BCUT2D eigenvalue weighted by Gasteiger charge is 2.07. The summed E-state index contributed by atoms with van der Waals surface area (Å²) in [6.45, 7) is 0.861. The number of rotatable bonds is 8. The molecule has 0 radical (unpaired) electrons. The Morgan fingerprint density at radius 2 is 1.69 bits per heavy atom. The van der Waals surface area contributed by atoms with Crippen LogP contribution in [0.4, 0.5) is 0 Å². The third-order valence-electron chi connectivity index (χ3n) is 1.25. The van der Waals surface area contributed by atoms with Crippen molar-refractivity contribution in [1.29, 1.82) is 5.26 Å². The molecule has 0 amide bonds. The molecule has 0 rings (SSSR count). The Balaban J connectivity index is 3.54. The number of hydrogen-bond donors (Lipinski definition) is 0. The van der Waals surface area contributed by atoms with Crippen molar-refractivity contribution in [2.24, 2.45) is 0 Å². The van der Waals surface area contributed by atoms with Crippen LogP contribution in [0.15, 0.2) is 0 Å². The second-order valence-electron chi connectivity index (χ2n) is 2.25. The van der Waals surface area contributed by atoms with Gasteiger partial charge < -0.3 is 9.47 Å². The van der Waals surface area contributed by atoms with Crippen LogP contribution in [0.3, 0.4) is 0 Å². The summed E-state index contributed by atoms with van der Waals surface area (Å²) < 4.78 is 10.5. The van der Waals surface area contributed by atoms with Crippen LogP contribution in [0.1, 0.15) is 12.8 Å². The minimum absolute atomic E-state index is 0.350. The molecule has 0 bridgehead atoms. The van der Waals surface area contributed by atoms with Crippen LogP contribution < -0.4 is 0 Å². The minimum atomic E-state index is -0.350. The highest BCUT2D eigenvalue weighted by molar-refractivity contribution is 6.18. The van der Waals surface area contributed by atoms with Crippen LogP contribution in [0.5, 0.6) is 0 Å². The van der Waals surface area contributed by atoms with Crippen molar-refractivity contribution < 1.29 is 9.47 Å². The average Bonchev–Trinajstić information content (AvgIpc) is 2.17. The van der Waals surface area contributed by atoms with Crippen molar-refractivity contribution >= 4 is 23.2 Å². The van der Waals surface area contributed by atoms with Crippen LogP contribution in [0.2, 0.25) is 0 Å². The second-order valence-corrected chi connectivity index (χ2v) is 3.00. The quantitative estimate of drug-likeness (QED) is 0.470. The van der Waals surface area contributed by atoms with E-state index < -0.39 is 0 Å². The topological polar surface area (TPSA) is 42.2 Å². The molecule has 0 aromatic carbocycles. The molecule has 0 fully saturated rings. The molecule has 5 heteroatoms. The summed E-state index contributed by atoms with van der Waals surface area (Å²) in [4.78, 5) is 0. The number of nitriles is 1. The average molecular weight is 226 g/mol. The smallest absolute Gasteiger partial charge is 0.158 e. The Morgan fingerprint density at radius 3 is 2.08 bits per heavy atom. The van der Waals surface area contributed by atoms with E-state index in [0.29, 0.717) is 37.8 Å². The van der Waals surface area contributed by atoms with Crippen LogP contribution in [-0.2, 0) is 9.47 Å². The van der Waals surface area contributed by atoms with Gasteiger partial charge in [-0.1, -0.05) is 0 Å². The van der Waals surface area contributed by atoms with Gasteiger partial charge in [-0.25, -0.2) is 0 Å². The third-order valence-corrected chi connectivity index (χ3v) is 1.56. The van der Waals surface area contributed by atoms with E-state index in [-0.39, 0.29) is 6.29 Å².